The van der Waals surface area contributed by atoms with Crippen LogP contribution in [0.4, 0.5) is 5.69 Å². The second-order valence-corrected chi connectivity index (χ2v) is 9.05. The number of nitro groups is 1. The molecule has 0 heterocycles. The summed E-state index contributed by atoms with van der Waals surface area (Å²) >= 11 is 5.85. The van der Waals surface area contributed by atoms with Gasteiger partial charge in [-0.05, 0) is 24.4 Å². The van der Waals surface area contributed by atoms with Crippen molar-refractivity contribution in [2.45, 2.75) is 22.9 Å². The third-order valence-corrected chi connectivity index (χ3v) is 6.01. The van der Waals surface area contributed by atoms with Crippen molar-refractivity contribution in [3.05, 3.63) is 76.3 Å². The summed E-state index contributed by atoms with van der Waals surface area (Å²) in [6.45, 7) is 1.77. The molecule has 0 spiro atoms. The van der Waals surface area contributed by atoms with Crippen LogP contribution in [0.3, 0.4) is 0 Å². The molecule has 28 heavy (non-hydrogen) atoms. The fourth-order valence-corrected chi connectivity index (χ4v) is 4.63. The molecule has 0 saturated heterocycles. The molecule has 1 atom stereocenters. The molecule has 0 fully saturated rings. The van der Waals surface area contributed by atoms with Gasteiger partial charge in [0.1, 0.15) is 6.61 Å². The second-order valence-electron chi connectivity index (χ2n) is 6.35. The van der Waals surface area contributed by atoms with Gasteiger partial charge in [0.15, 0.2) is 15.6 Å². The summed E-state index contributed by atoms with van der Waals surface area (Å²) in [5, 5.41) is 12.6. The van der Waals surface area contributed by atoms with Gasteiger partial charge in [-0.2, -0.15) is 0 Å². The lowest BCUT2D eigenvalue weighted by Crippen LogP contribution is -2.11. The average Bonchev–Trinajstić information content (AvgIpc) is 2.65. The van der Waals surface area contributed by atoms with Crippen LogP contribution in [0.15, 0.2) is 65.6 Å². The fourth-order valence-electron chi connectivity index (χ4n) is 2.96. The molecule has 0 N–H and O–H groups in total. The summed E-state index contributed by atoms with van der Waals surface area (Å²) in [6, 6.07) is 16.5. The first-order valence-corrected chi connectivity index (χ1v) is 10.6. The number of nitro benzene ring substituents is 1. The molecule has 0 aromatic heterocycles. The van der Waals surface area contributed by atoms with E-state index in [1.807, 2.05) is 18.2 Å². The van der Waals surface area contributed by atoms with Crippen molar-refractivity contribution in [3.63, 3.8) is 0 Å². The van der Waals surface area contributed by atoms with Gasteiger partial charge in [0.25, 0.3) is 0 Å². The summed E-state index contributed by atoms with van der Waals surface area (Å²) < 4.78 is 31.6. The minimum atomic E-state index is -3.83. The summed E-state index contributed by atoms with van der Waals surface area (Å²) in [5.74, 6) is -0.506. The zero-order valence-corrected chi connectivity index (χ0v) is 16.6. The Balaban J connectivity index is 2.05. The van der Waals surface area contributed by atoms with Crippen LogP contribution in [0.1, 0.15) is 12.5 Å². The van der Waals surface area contributed by atoms with Crippen LogP contribution in [0.25, 0.3) is 10.8 Å². The predicted molar refractivity (Wildman–Crippen MR) is 109 cm³/mol. The van der Waals surface area contributed by atoms with Crippen LogP contribution < -0.4 is 4.74 Å². The van der Waals surface area contributed by atoms with E-state index in [9.17, 15) is 18.5 Å². The van der Waals surface area contributed by atoms with Gasteiger partial charge in [-0.15, -0.1) is 11.6 Å². The van der Waals surface area contributed by atoms with Crippen molar-refractivity contribution < 1.29 is 18.1 Å². The minimum absolute atomic E-state index is 0.00289. The van der Waals surface area contributed by atoms with E-state index >= 15 is 0 Å². The monoisotopic (exact) mass is 419 g/mol. The highest BCUT2D eigenvalue weighted by molar-refractivity contribution is 7.90. The molecule has 0 bridgehead atoms. The highest BCUT2D eigenvalue weighted by Crippen LogP contribution is 2.34. The van der Waals surface area contributed by atoms with Gasteiger partial charge < -0.3 is 4.74 Å². The molecular weight excluding hydrogens is 402 g/mol. The first kappa shape index (κ1) is 20.1. The minimum Gasteiger partial charge on any atom is -0.485 e. The van der Waals surface area contributed by atoms with Crippen LogP contribution in [0, 0.1) is 10.1 Å². The lowest BCUT2D eigenvalue weighted by molar-refractivity contribution is -0.386. The molecule has 146 valence electrons. The first-order chi connectivity index (χ1) is 13.3. The Hall–Kier alpha value is -2.64. The Morgan fingerprint density at radius 1 is 1.07 bits per heavy atom. The van der Waals surface area contributed by atoms with Gasteiger partial charge in [0.2, 0.25) is 0 Å². The van der Waals surface area contributed by atoms with Crippen molar-refractivity contribution in [1.29, 1.82) is 0 Å². The zero-order valence-electron chi connectivity index (χ0n) is 15.0. The van der Waals surface area contributed by atoms with Crippen LogP contribution in [0.5, 0.6) is 5.75 Å². The van der Waals surface area contributed by atoms with Crippen molar-refractivity contribution in [2.75, 3.05) is 6.61 Å². The Morgan fingerprint density at radius 3 is 2.46 bits per heavy atom. The van der Waals surface area contributed by atoms with E-state index in [2.05, 4.69) is 0 Å². The first-order valence-electron chi connectivity index (χ1n) is 8.53. The average molecular weight is 420 g/mol. The van der Waals surface area contributed by atoms with Gasteiger partial charge in [0, 0.05) is 10.9 Å². The molecule has 3 aromatic rings. The second kappa shape index (κ2) is 8.16. The highest BCUT2D eigenvalue weighted by atomic mass is 35.5. The molecule has 0 radical (unpaired) electrons. The van der Waals surface area contributed by atoms with E-state index in [1.54, 1.807) is 25.1 Å². The Kier molecular flexibility index (Phi) is 5.86. The van der Waals surface area contributed by atoms with Crippen molar-refractivity contribution >= 4 is 37.9 Å². The maximum Gasteiger partial charge on any atom is 0.315 e. The number of halogens is 1. The number of fused-ring (bicyclic) bond motifs is 1. The van der Waals surface area contributed by atoms with Crippen molar-refractivity contribution in [2.24, 2.45) is 0 Å². The third kappa shape index (κ3) is 4.26. The van der Waals surface area contributed by atoms with Crippen LogP contribution in [-0.4, -0.2) is 25.3 Å². The van der Waals surface area contributed by atoms with Crippen LogP contribution in [-0.2, 0) is 15.6 Å². The molecule has 0 aliphatic carbocycles. The van der Waals surface area contributed by atoms with Gasteiger partial charge in [0.05, 0.1) is 20.9 Å². The van der Waals surface area contributed by atoms with Crippen molar-refractivity contribution in [3.8, 4) is 5.75 Å². The SMILES string of the molecule is CC(Cl)COc1cccc(CS(=O)(=O)c2cccc3ccccc23)c1[N+](=O)[O-]. The van der Waals surface area contributed by atoms with Gasteiger partial charge >= 0.3 is 5.69 Å². The predicted octanol–water partition coefficient (Wildman–Crippen LogP) is 4.73. The quantitative estimate of drug-likeness (QED) is 0.314. The largest absolute Gasteiger partial charge is 0.485 e. The number of rotatable bonds is 7. The maximum atomic E-state index is 13.1. The van der Waals surface area contributed by atoms with Gasteiger partial charge in [-0.25, -0.2) is 8.42 Å². The standard InChI is InChI=1S/C20H18ClNO5S/c1-14(21)12-27-18-10-4-8-16(20(18)22(23)24)13-28(25,26)19-11-5-7-15-6-2-3-9-17(15)19/h2-11,14H,12-13H2,1H3. The molecule has 6 nitrogen and oxygen atoms in total. The lowest BCUT2D eigenvalue weighted by Gasteiger charge is -2.12. The molecule has 1 unspecified atom stereocenters. The number of sulfone groups is 1. The maximum absolute atomic E-state index is 13.1. The molecule has 3 aromatic carbocycles. The summed E-state index contributed by atoms with van der Waals surface area (Å²) in [7, 11) is -3.83. The molecule has 0 saturated carbocycles. The topological polar surface area (TPSA) is 86.5 Å². The van der Waals surface area contributed by atoms with E-state index in [4.69, 9.17) is 16.3 Å². The molecule has 0 amide bonds. The molecule has 0 aliphatic rings. The normalized spacial score (nSPS) is 12.6. The van der Waals surface area contributed by atoms with Gasteiger partial charge in [-0.3, -0.25) is 10.1 Å². The molecule has 8 heteroatoms. The Morgan fingerprint density at radius 2 is 1.75 bits per heavy atom. The number of nitrogens with zero attached hydrogens (tertiary/aromatic N) is 1. The van der Waals surface area contributed by atoms with E-state index in [0.29, 0.717) is 5.39 Å². The fraction of sp³-hybridized carbons (Fsp3) is 0.200. The highest BCUT2D eigenvalue weighted by Gasteiger charge is 2.27. The third-order valence-electron chi connectivity index (χ3n) is 4.16. The molecule has 0 aliphatic heterocycles. The van der Waals surface area contributed by atoms with Gasteiger partial charge in [-0.1, -0.05) is 48.5 Å². The van der Waals surface area contributed by atoms with Crippen LogP contribution >= 0.6 is 11.6 Å². The van der Waals surface area contributed by atoms with E-state index < -0.39 is 20.5 Å². The Bertz CT molecular complexity index is 1120. The van der Waals surface area contributed by atoms with E-state index in [-0.39, 0.29) is 33.9 Å². The van der Waals surface area contributed by atoms with Crippen LogP contribution in [0.2, 0.25) is 0 Å². The lowest BCUT2D eigenvalue weighted by atomic mass is 10.1. The van der Waals surface area contributed by atoms with E-state index in [0.717, 1.165) is 5.39 Å². The number of ether oxygens (including phenoxy) is 1. The summed E-state index contributed by atoms with van der Waals surface area (Å²) in [4.78, 5) is 11.1. The number of para-hydroxylation sites is 1. The van der Waals surface area contributed by atoms with Crippen molar-refractivity contribution in [1.82, 2.24) is 0 Å². The number of hydrogen-bond acceptors (Lipinski definition) is 5. The van der Waals surface area contributed by atoms with E-state index in [1.165, 1.54) is 24.3 Å². The summed E-state index contributed by atoms with van der Waals surface area (Å²) in [6.07, 6.45) is 0. The molecule has 3 rings (SSSR count). The number of hydrogen-bond donors (Lipinski definition) is 0. The summed E-state index contributed by atoms with van der Waals surface area (Å²) in [5.41, 5.74) is -0.290. The molecular formula is C20H18ClNO5S. The number of benzene rings is 3. The smallest absolute Gasteiger partial charge is 0.315 e. The number of alkyl halides is 1. The zero-order chi connectivity index (χ0) is 20.3. The Labute approximate surface area is 167 Å².